The number of hydrogen-bond acceptors (Lipinski definition) is 9. The van der Waals surface area contributed by atoms with Gasteiger partial charge in [-0.1, -0.05) is 105 Å². The molecule has 0 aliphatic rings. The van der Waals surface area contributed by atoms with Crippen molar-refractivity contribution in [1.82, 2.24) is 25.8 Å². The van der Waals surface area contributed by atoms with Crippen LogP contribution in [0, 0.1) is 0 Å². The summed E-state index contributed by atoms with van der Waals surface area (Å²) in [7, 11) is -3.82. The highest BCUT2D eigenvalue weighted by molar-refractivity contribution is 7.92. The summed E-state index contributed by atoms with van der Waals surface area (Å²) in [6, 6.07) is 27.7. The minimum Gasteiger partial charge on any atom is -0.507 e. The lowest BCUT2D eigenvalue weighted by molar-refractivity contribution is -0.121. The van der Waals surface area contributed by atoms with Crippen LogP contribution >= 0.6 is 11.6 Å². The fourth-order valence-electron chi connectivity index (χ4n) is 6.86. The molecule has 6 rings (SSSR count). The normalized spacial score (nSPS) is 11.4. The number of fused-ring (bicyclic) bond motifs is 1. The molecule has 0 spiro atoms. The molecule has 2 heterocycles. The molecule has 0 saturated heterocycles. The molecule has 13 nitrogen and oxygen atoms in total. The number of aromatic amines is 1. The molecule has 2 amide bonds. The summed E-state index contributed by atoms with van der Waals surface area (Å²) in [5, 5.41) is 25.4. The highest BCUT2D eigenvalue weighted by atomic mass is 35.5. The molecule has 6 aromatic rings. The first-order valence-electron chi connectivity index (χ1n) is 20.6. The Balaban J connectivity index is 0.760. The summed E-state index contributed by atoms with van der Waals surface area (Å²) in [6.45, 7) is 1.31. The van der Waals surface area contributed by atoms with Crippen molar-refractivity contribution < 1.29 is 27.9 Å². The topological polar surface area (TPSA) is 201 Å². The second-order valence-electron chi connectivity index (χ2n) is 14.9. The first-order chi connectivity index (χ1) is 29.6. The van der Waals surface area contributed by atoms with Crippen molar-refractivity contribution in [1.29, 1.82) is 0 Å². The molecule has 7 N–H and O–H groups in total. The van der Waals surface area contributed by atoms with Gasteiger partial charge in [0.25, 0.3) is 15.9 Å². The number of benzene rings is 4. The van der Waals surface area contributed by atoms with Gasteiger partial charge in [0.05, 0.1) is 27.7 Å². The lowest BCUT2D eigenvalue weighted by atomic mass is 10.1. The number of carbonyl (C=O) groups is 2. The number of nitrogens with one attached hydrogen (secondary N) is 4. The first-order valence-corrected chi connectivity index (χ1v) is 22.5. The van der Waals surface area contributed by atoms with Crippen LogP contribution in [0.4, 0.5) is 11.5 Å². The van der Waals surface area contributed by atoms with Gasteiger partial charge in [-0.25, -0.2) is 8.42 Å². The third-order valence-electron chi connectivity index (χ3n) is 10.3. The number of para-hydroxylation sites is 2. The number of nitrogen functional groups attached to an aromatic ring is 1. The average molecular weight is 866 g/mol. The Morgan fingerprint density at radius 3 is 2.21 bits per heavy atom. The standard InChI is InChI=1S/C46H52ClN7O6S/c47-38-31-51-44-36(38)14-12-15-39(44)54-61(58,59)35-24-20-33(21-25-35)30-50-43(56)17-8-6-4-2-1-3-5-7-11-27-49-46(57)34-22-18-32(19-23-34)26-28-60-42-29-40(52-53-45(42)48)37-13-9-10-16-41(37)55/h9-10,12-16,18-25,29,31,51,54-55H,1-8,11,17,26-28,30H2,(H2,48,53)(H,49,57)(H,50,56). The van der Waals surface area contributed by atoms with E-state index in [9.17, 15) is 23.1 Å². The molecule has 0 saturated carbocycles. The zero-order chi connectivity index (χ0) is 43.0. The number of unbranched alkanes of at least 4 members (excludes halogenated alkanes) is 8. The van der Waals surface area contributed by atoms with E-state index in [2.05, 4.69) is 30.5 Å². The molecule has 0 radical (unpaired) electrons. The van der Waals surface area contributed by atoms with Gasteiger partial charge >= 0.3 is 0 Å². The van der Waals surface area contributed by atoms with Gasteiger partial charge in [-0.3, -0.25) is 14.3 Å². The predicted octanol–water partition coefficient (Wildman–Crippen LogP) is 8.94. The van der Waals surface area contributed by atoms with Crippen molar-refractivity contribution in [3.05, 3.63) is 125 Å². The lowest BCUT2D eigenvalue weighted by Gasteiger charge is -2.10. The molecule has 0 bridgehead atoms. The summed E-state index contributed by atoms with van der Waals surface area (Å²) in [6.07, 6.45) is 12.1. The van der Waals surface area contributed by atoms with Crippen molar-refractivity contribution in [3.8, 4) is 22.8 Å². The summed E-state index contributed by atoms with van der Waals surface area (Å²) in [5.74, 6) is 0.542. The van der Waals surface area contributed by atoms with Crippen LogP contribution in [0.25, 0.3) is 22.2 Å². The van der Waals surface area contributed by atoms with Gasteiger partial charge in [-0.15, -0.1) is 10.2 Å². The van der Waals surface area contributed by atoms with E-state index in [1.807, 2.05) is 30.3 Å². The molecule has 2 aromatic heterocycles. The Kier molecular flexibility index (Phi) is 16.0. The zero-order valence-corrected chi connectivity index (χ0v) is 35.5. The molecular weight excluding hydrogens is 814 g/mol. The minimum absolute atomic E-state index is 0.0188. The van der Waals surface area contributed by atoms with Gasteiger partial charge in [0.1, 0.15) is 11.4 Å². The Hall–Kier alpha value is -6.12. The molecule has 0 aliphatic heterocycles. The van der Waals surface area contributed by atoms with Gasteiger partial charge in [-0.05, 0) is 66.4 Å². The fraction of sp³-hybridized carbons (Fsp3) is 0.304. The summed E-state index contributed by atoms with van der Waals surface area (Å²) >= 11 is 6.17. The van der Waals surface area contributed by atoms with Gasteiger partial charge in [0.2, 0.25) is 5.91 Å². The molecule has 0 atom stereocenters. The molecular formula is C46H52ClN7O6S. The summed E-state index contributed by atoms with van der Waals surface area (Å²) < 4.78 is 34.5. The van der Waals surface area contributed by atoms with Crippen LogP contribution in [0.3, 0.4) is 0 Å². The van der Waals surface area contributed by atoms with Crippen LogP contribution in [-0.2, 0) is 27.8 Å². The predicted molar refractivity (Wildman–Crippen MR) is 240 cm³/mol. The van der Waals surface area contributed by atoms with Crippen molar-refractivity contribution >= 4 is 55.8 Å². The quantitative estimate of drug-likeness (QED) is 0.0340. The fourth-order valence-corrected chi connectivity index (χ4v) is 8.14. The number of halogens is 1. The number of aromatic hydroxyl groups is 1. The Morgan fingerprint density at radius 1 is 0.787 bits per heavy atom. The summed E-state index contributed by atoms with van der Waals surface area (Å²) in [4.78, 5) is 28.2. The molecule has 0 aliphatic carbocycles. The second kappa shape index (κ2) is 21.9. The smallest absolute Gasteiger partial charge is 0.261 e. The number of sulfonamides is 1. The highest BCUT2D eigenvalue weighted by Crippen LogP contribution is 2.32. The Bertz CT molecular complexity index is 2500. The minimum atomic E-state index is -3.82. The van der Waals surface area contributed by atoms with Crippen LogP contribution in [0.1, 0.15) is 85.7 Å². The molecule has 15 heteroatoms. The van der Waals surface area contributed by atoms with Crippen LogP contribution in [0.15, 0.2) is 108 Å². The van der Waals surface area contributed by atoms with Crippen molar-refractivity contribution in [2.45, 2.75) is 82.1 Å². The maximum Gasteiger partial charge on any atom is 0.261 e. The first kappa shape index (κ1) is 44.4. The SMILES string of the molecule is Nc1nnc(-c2ccccc2O)cc1OCCc1ccc(C(=O)NCCCCCCCCCCCC(=O)NCc2ccc(S(=O)(=O)Nc3cccc4c(Cl)c[nH]c34)cc2)cc1. The molecule has 61 heavy (non-hydrogen) atoms. The van der Waals surface area contributed by atoms with Crippen molar-refractivity contribution in [2.24, 2.45) is 0 Å². The number of phenols is 1. The van der Waals surface area contributed by atoms with E-state index < -0.39 is 10.0 Å². The van der Waals surface area contributed by atoms with Crippen molar-refractivity contribution in [3.63, 3.8) is 0 Å². The summed E-state index contributed by atoms with van der Waals surface area (Å²) in [5.41, 5.74) is 10.4. The van der Waals surface area contributed by atoms with E-state index in [-0.39, 0.29) is 28.3 Å². The van der Waals surface area contributed by atoms with Crippen LogP contribution < -0.4 is 25.8 Å². The van der Waals surface area contributed by atoms with E-state index in [1.54, 1.807) is 60.8 Å². The maximum absolute atomic E-state index is 13.0. The monoisotopic (exact) mass is 865 g/mol. The number of nitrogens with two attached hydrogens (primary N) is 1. The molecule has 0 unspecified atom stereocenters. The van der Waals surface area contributed by atoms with Gasteiger partial charge in [0, 0.05) is 54.7 Å². The van der Waals surface area contributed by atoms with E-state index in [1.165, 1.54) is 12.1 Å². The number of hydrogen-bond donors (Lipinski definition) is 6. The second-order valence-corrected chi connectivity index (χ2v) is 17.0. The number of anilines is 2. The highest BCUT2D eigenvalue weighted by Gasteiger charge is 2.17. The lowest BCUT2D eigenvalue weighted by Crippen LogP contribution is -2.24. The number of ether oxygens (including phenoxy) is 1. The van der Waals surface area contributed by atoms with Gasteiger partial charge < -0.3 is 31.2 Å². The van der Waals surface area contributed by atoms with Gasteiger partial charge in [0.15, 0.2) is 11.6 Å². The number of carbonyl (C=O) groups excluding carboxylic acids is 2. The zero-order valence-electron chi connectivity index (χ0n) is 34.0. The number of aromatic nitrogens is 3. The van der Waals surface area contributed by atoms with E-state index in [0.29, 0.717) is 71.3 Å². The third kappa shape index (κ3) is 12.9. The maximum atomic E-state index is 13.0. The van der Waals surface area contributed by atoms with Crippen LogP contribution in [0.2, 0.25) is 5.02 Å². The van der Waals surface area contributed by atoms with Crippen molar-refractivity contribution in [2.75, 3.05) is 23.6 Å². The van der Waals surface area contributed by atoms with E-state index in [4.69, 9.17) is 22.1 Å². The number of H-pyrrole nitrogens is 1. The third-order valence-corrected chi connectivity index (χ3v) is 12.0. The van der Waals surface area contributed by atoms with Gasteiger partial charge in [-0.2, -0.15) is 0 Å². The average Bonchev–Trinajstić information content (AvgIpc) is 3.65. The number of nitrogens with zero attached hydrogens (tertiary/aromatic N) is 2. The molecule has 320 valence electrons. The van der Waals surface area contributed by atoms with E-state index in [0.717, 1.165) is 74.3 Å². The Morgan fingerprint density at radius 2 is 1.48 bits per heavy atom. The molecule has 0 fully saturated rings. The van der Waals surface area contributed by atoms with E-state index >= 15 is 0 Å². The Labute approximate surface area is 361 Å². The molecule has 4 aromatic carbocycles. The van der Waals surface area contributed by atoms with Crippen LogP contribution in [0.5, 0.6) is 11.5 Å². The number of amides is 2. The number of rotatable bonds is 23. The van der Waals surface area contributed by atoms with Crippen LogP contribution in [-0.4, -0.2) is 53.7 Å². The number of phenolic OH excluding ortho intramolecular Hbond substituents is 1. The largest absolute Gasteiger partial charge is 0.507 e.